The molecule has 1 N–H and O–H groups in total. The highest BCUT2D eigenvalue weighted by Crippen LogP contribution is 2.24. The summed E-state index contributed by atoms with van der Waals surface area (Å²) in [5, 5.41) is 3.10. The van der Waals surface area contributed by atoms with E-state index in [9.17, 15) is 0 Å². The van der Waals surface area contributed by atoms with Gasteiger partial charge in [0, 0.05) is 41.8 Å². The molecule has 2 aromatic rings. The van der Waals surface area contributed by atoms with Crippen LogP contribution in [0.1, 0.15) is 5.56 Å². The third-order valence-corrected chi connectivity index (χ3v) is 3.23. The van der Waals surface area contributed by atoms with E-state index in [0.717, 1.165) is 11.6 Å². The zero-order chi connectivity index (χ0) is 11.2. The quantitative estimate of drug-likeness (QED) is 0.821. The molecule has 0 aliphatic heterocycles. The highest BCUT2D eigenvalue weighted by Gasteiger charge is 2.01. The highest BCUT2D eigenvalue weighted by molar-refractivity contribution is 7.98. The van der Waals surface area contributed by atoms with E-state index in [-0.39, 0.29) is 0 Å². The molecular formula is C12H13N3S. The van der Waals surface area contributed by atoms with E-state index in [1.807, 2.05) is 37.6 Å². The van der Waals surface area contributed by atoms with E-state index < -0.39 is 0 Å². The van der Waals surface area contributed by atoms with Gasteiger partial charge < -0.3 is 5.32 Å². The molecule has 0 atom stereocenters. The smallest absolute Gasteiger partial charge is 0.129 e. The van der Waals surface area contributed by atoms with E-state index in [1.165, 1.54) is 10.5 Å². The summed E-state index contributed by atoms with van der Waals surface area (Å²) in [4.78, 5) is 9.49. The summed E-state index contributed by atoms with van der Waals surface area (Å²) in [6.45, 7) is 0. The van der Waals surface area contributed by atoms with Gasteiger partial charge in [-0.1, -0.05) is 6.07 Å². The van der Waals surface area contributed by atoms with Crippen LogP contribution in [0.2, 0.25) is 0 Å². The van der Waals surface area contributed by atoms with Gasteiger partial charge in [-0.3, -0.25) is 4.98 Å². The van der Waals surface area contributed by atoms with Crippen molar-refractivity contribution in [2.24, 2.45) is 0 Å². The highest BCUT2D eigenvalue weighted by atomic mass is 32.2. The summed E-state index contributed by atoms with van der Waals surface area (Å²) < 4.78 is 0. The number of nitrogens with zero attached hydrogens (tertiary/aromatic N) is 2. The second kappa shape index (κ2) is 5.51. The Hall–Kier alpha value is -1.55. The van der Waals surface area contributed by atoms with Crippen molar-refractivity contribution >= 4 is 17.6 Å². The fourth-order valence-corrected chi connectivity index (χ4v) is 2.25. The molecule has 0 spiro atoms. The normalized spacial score (nSPS) is 10.1. The Bertz CT molecular complexity index is 445. The second-order valence-electron chi connectivity index (χ2n) is 3.23. The van der Waals surface area contributed by atoms with Gasteiger partial charge in [-0.25, -0.2) is 4.98 Å². The number of nitrogens with one attached hydrogen (secondary N) is 1. The maximum absolute atomic E-state index is 4.27. The van der Waals surface area contributed by atoms with Gasteiger partial charge in [0.15, 0.2) is 0 Å². The number of aromatic nitrogens is 2. The number of anilines is 1. The molecule has 0 bridgehead atoms. The van der Waals surface area contributed by atoms with Crippen LogP contribution in [0.15, 0.2) is 47.8 Å². The fraction of sp³-hybridized carbons (Fsp3) is 0.167. The Balaban J connectivity index is 2.05. The van der Waals surface area contributed by atoms with Crippen LogP contribution in [-0.2, 0) is 5.75 Å². The van der Waals surface area contributed by atoms with Crippen LogP contribution in [0.4, 0.5) is 5.82 Å². The lowest BCUT2D eigenvalue weighted by Crippen LogP contribution is -1.96. The molecule has 0 radical (unpaired) electrons. The summed E-state index contributed by atoms with van der Waals surface area (Å²) in [5.41, 5.74) is 1.21. The SMILES string of the molecule is CNc1ncccc1CSc1ccncc1. The standard InChI is InChI=1S/C12H13N3S/c1-13-12-10(3-2-6-15-12)9-16-11-4-7-14-8-5-11/h2-8H,9H2,1H3,(H,13,15). The molecule has 16 heavy (non-hydrogen) atoms. The minimum atomic E-state index is 0.911. The molecule has 0 unspecified atom stereocenters. The molecule has 0 fully saturated rings. The topological polar surface area (TPSA) is 37.8 Å². The summed E-state index contributed by atoms with van der Waals surface area (Å²) in [6.07, 6.45) is 5.42. The van der Waals surface area contributed by atoms with Gasteiger partial charge in [-0.05, 0) is 18.2 Å². The van der Waals surface area contributed by atoms with Crippen LogP contribution in [0.25, 0.3) is 0 Å². The lowest BCUT2D eigenvalue weighted by molar-refractivity contribution is 1.22. The third-order valence-electron chi connectivity index (χ3n) is 2.17. The fourth-order valence-electron chi connectivity index (χ4n) is 1.38. The van der Waals surface area contributed by atoms with Gasteiger partial charge in [-0.15, -0.1) is 11.8 Å². The number of rotatable bonds is 4. The van der Waals surface area contributed by atoms with E-state index in [4.69, 9.17) is 0 Å². The average Bonchev–Trinajstić information content (AvgIpc) is 2.38. The van der Waals surface area contributed by atoms with Crippen molar-refractivity contribution in [1.29, 1.82) is 0 Å². The van der Waals surface area contributed by atoms with Crippen LogP contribution in [0, 0.1) is 0 Å². The first kappa shape index (κ1) is 11.0. The van der Waals surface area contributed by atoms with Crippen molar-refractivity contribution in [2.45, 2.75) is 10.6 Å². The molecule has 0 saturated carbocycles. The number of pyridine rings is 2. The number of hydrogen-bond acceptors (Lipinski definition) is 4. The average molecular weight is 231 g/mol. The van der Waals surface area contributed by atoms with Gasteiger partial charge in [0.25, 0.3) is 0 Å². The molecular weight excluding hydrogens is 218 g/mol. The summed E-state index contributed by atoms with van der Waals surface area (Å²) >= 11 is 1.78. The van der Waals surface area contributed by atoms with Crippen molar-refractivity contribution in [2.75, 3.05) is 12.4 Å². The van der Waals surface area contributed by atoms with Crippen LogP contribution in [0.3, 0.4) is 0 Å². The van der Waals surface area contributed by atoms with Crippen molar-refractivity contribution in [3.8, 4) is 0 Å². The van der Waals surface area contributed by atoms with Gasteiger partial charge in [-0.2, -0.15) is 0 Å². The van der Waals surface area contributed by atoms with Gasteiger partial charge in [0.05, 0.1) is 0 Å². The van der Waals surface area contributed by atoms with Crippen LogP contribution >= 0.6 is 11.8 Å². The summed E-state index contributed by atoms with van der Waals surface area (Å²) in [6, 6.07) is 8.08. The first-order valence-electron chi connectivity index (χ1n) is 5.04. The molecule has 0 amide bonds. The largest absolute Gasteiger partial charge is 0.373 e. The lowest BCUT2D eigenvalue weighted by atomic mass is 10.3. The molecule has 0 aliphatic rings. The van der Waals surface area contributed by atoms with Gasteiger partial charge >= 0.3 is 0 Å². The predicted molar refractivity (Wildman–Crippen MR) is 67.6 cm³/mol. The van der Waals surface area contributed by atoms with E-state index in [2.05, 4.69) is 21.4 Å². The Morgan fingerprint density at radius 1 is 1.19 bits per heavy atom. The van der Waals surface area contributed by atoms with Crippen molar-refractivity contribution in [3.63, 3.8) is 0 Å². The number of thioether (sulfide) groups is 1. The van der Waals surface area contributed by atoms with E-state index in [0.29, 0.717) is 0 Å². The zero-order valence-corrected chi connectivity index (χ0v) is 9.87. The summed E-state index contributed by atoms with van der Waals surface area (Å²) in [7, 11) is 1.89. The zero-order valence-electron chi connectivity index (χ0n) is 9.05. The maximum atomic E-state index is 4.27. The van der Waals surface area contributed by atoms with Crippen LogP contribution in [-0.4, -0.2) is 17.0 Å². The first-order chi connectivity index (χ1) is 7.90. The van der Waals surface area contributed by atoms with Crippen LogP contribution < -0.4 is 5.32 Å². The van der Waals surface area contributed by atoms with Crippen molar-refractivity contribution in [3.05, 3.63) is 48.4 Å². The molecule has 2 heterocycles. The molecule has 3 nitrogen and oxygen atoms in total. The monoisotopic (exact) mass is 231 g/mol. The molecule has 0 aromatic carbocycles. The Labute approximate surface area is 99.3 Å². The van der Waals surface area contributed by atoms with Crippen LogP contribution in [0.5, 0.6) is 0 Å². The van der Waals surface area contributed by atoms with Gasteiger partial charge in [0.1, 0.15) is 5.82 Å². The maximum Gasteiger partial charge on any atom is 0.129 e. The Morgan fingerprint density at radius 3 is 2.75 bits per heavy atom. The van der Waals surface area contributed by atoms with E-state index in [1.54, 1.807) is 18.0 Å². The number of hydrogen-bond donors (Lipinski definition) is 1. The third kappa shape index (κ3) is 2.73. The second-order valence-corrected chi connectivity index (χ2v) is 4.28. The molecule has 0 saturated heterocycles. The Kier molecular flexibility index (Phi) is 3.77. The molecule has 82 valence electrons. The lowest BCUT2D eigenvalue weighted by Gasteiger charge is -2.06. The Morgan fingerprint density at radius 2 is 2.00 bits per heavy atom. The molecule has 0 aliphatic carbocycles. The molecule has 2 aromatic heterocycles. The minimum Gasteiger partial charge on any atom is -0.373 e. The first-order valence-corrected chi connectivity index (χ1v) is 6.03. The van der Waals surface area contributed by atoms with E-state index >= 15 is 0 Å². The summed E-state index contributed by atoms with van der Waals surface area (Å²) in [5.74, 6) is 1.86. The van der Waals surface area contributed by atoms with Crippen molar-refractivity contribution < 1.29 is 0 Å². The van der Waals surface area contributed by atoms with Crippen molar-refractivity contribution in [1.82, 2.24) is 9.97 Å². The van der Waals surface area contributed by atoms with Gasteiger partial charge in [0.2, 0.25) is 0 Å². The molecule has 4 heteroatoms. The minimum absolute atomic E-state index is 0.911. The molecule has 2 rings (SSSR count). The predicted octanol–water partition coefficient (Wildman–Crippen LogP) is 2.81.